The van der Waals surface area contributed by atoms with Gasteiger partial charge in [0.15, 0.2) is 5.82 Å². The molecule has 2 N–H and O–H groups in total. The standard InChI is InChI=1S/C13H16ClN5O/c14-12-10(5-3-6-11(12)15)13-16-17-18-19(13)8-9-4-1-2-7-20-9/h3,5-6,9H,1-2,4,7-8,15H2. The molecule has 1 atom stereocenters. The lowest BCUT2D eigenvalue weighted by Gasteiger charge is -2.22. The van der Waals surface area contributed by atoms with Crippen LogP contribution in [0.15, 0.2) is 18.2 Å². The SMILES string of the molecule is Nc1cccc(-c2nnnn2CC2CCCCO2)c1Cl. The number of rotatable bonds is 3. The number of tetrazole rings is 1. The van der Waals surface area contributed by atoms with Crippen molar-refractivity contribution in [3.63, 3.8) is 0 Å². The summed E-state index contributed by atoms with van der Waals surface area (Å²) in [6.07, 6.45) is 3.50. The Morgan fingerprint density at radius 2 is 2.30 bits per heavy atom. The first-order valence-electron chi connectivity index (χ1n) is 6.68. The number of benzene rings is 1. The minimum Gasteiger partial charge on any atom is -0.398 e. The van der Waals surface area contributed by atoms with Crippen LogP contribution in [0.3, 0.4) is 0 Å². The van der Waals surface area contributed by atoms with Gasteiger partial charge in [-0.1, -0.05) is 17.7 Å². The van der Waals surface area contributed by atoms with Crippen molar-refractivity contribution in [2.75, 3.05) is 12.3 Å². The van der Waals surface area contributed by atoms with Crippen molar-refractivity contribution in [2.24, 2.45) is 0 Å². The van der Waals surface area contributed by atoms with E-state index in [1.54, 1.807) is 10.7 Å². The number of nitrogens with zero attached hydrogens (tertiary/aromatic N) is 4. The fourth-order valence-corrected chi connectivity index (χ4v) is 2.60. The molecule has 1 aliphatic heterocycles. The van der Waals surface area contributed by atoms with Crippen LogP contribution in [0.5, 0.6) is 0 Å². The maximum absolute atomic E-state index is 6.23. The van der Waals surface area contributed by atoms with Gasteiger partial charge in [0.2, 0.25) is 0 Å². The van der Waals surface area contributed by atoms with Gasteiger partial charge in [-0.2, -0.15) is 0 Å². The number of hydrogen-bond donors (Lipinski definition) is 1. The highest BCUT2D eigenvalue weighted by molar-refractivity contribution is 6.35. The topological polar surface area (TPSA) is 78.9 Å². The van der Waals surface area contributed by atoms with E-state index < -0.39 is 0 Å². The first-order valence-corrected chi connectivity index (χ1v) is 7.05. The summed E-state index contributed by atoms with van der Waals surface area (Å²) in [5.74, 6) is 0.622. The quantitative estimate of drug-likeness (QED) is 0.877. The Morgan fingerprint density at radius 3 is 3.10 bits per heavy atom. The van der Waals surface area contributed by atoms with E-state index in [1.807, 2.05) is 12.1 Å². The first-order chi connectivity index (χ1) is 9.75. The number of halogens is 1. The summed E-state index contributed by atoms with van der Waals surface area (Å²) >= 11 is 6.23. The summed E-state index contributed by atoms with van der Waals surface area (Å²) in [4.78, 5) is 0. The van der Waals surface area contributed by atoms with Crippen LogP contribution in [-0.4, -0.2) is 32.9 Å². The maximum Gasteiger partial charge on any atom is 0.183 e. The summed E-state index contributed by atoms with van der Waals surface area (Å²) < 4.78 is 7.45. The van der Waals surface area contributed by atoms with Crippen LogP contribution in [0.1, 0.15) is 19.3 Å². The van der Waals surface area contributed by atoms with Crippen LogP contribution >= 0.6 is 11.6 Å². The van der Waals surface area contributed by atoms with Gasteiger partial charge in [-0.05, 0) is 41.8 Å². The second-order valence-corrected chi connectivity index (χ2v) is 5.26. The Kier molecular flexibility index (Phi) is 3.84. The molecule has 20 heavy (non-hydrogen) atoms. The molecule has 1 aliphatic rings. The summed E-state index contributed by atoms with van der Waals surface area (Å²) in [5.41, 5.74) is 7.09. The molecule has 3 rings (SSSR count). The van der Waals surface area contributed by atoms with Gasteiger partial charge in [-0.3, -0.25) is 0 Å². The van der Waals surface area contributed by atoms with Crippen molar-refractivity contribution in [1.82, 2.24) is 20.2 Å². The van der Waals surface area contributed by atoms with Crippen molar-refractivity contribution in [1.29, 1.82) is 0 Å². The number of nitrogens with two attached hydrogens (primary N) is 1. The zero-order valence-electron chi connectivity index (χ0n) is 11.0. The molecule has 0 amide bonds. The van der Waals surface area contributed by atoms with Crippen LogP contribution < -0.4 is 5.73 Å². The predicted octanol–water partition coefficient (Wildman–Crippen LogP) is 2.14. The van der Waals surface area contributed by atoms with Crippen LogP contribution in [0.4, 0.5) is 5.69 Å². The van der Waals surface area contributed by atoms with E-state index in [2.05, 4.69) is 15.5 Å². The van der Waals surface area contributed by atoms with E-state index in [9.17, 15) is 0 Å². The van der Waals surface area contributed by atoms with Crippen molar-refractivity contribution in [3.05, 3.63) is 23.2 Å². The summed E-state index contributed by atoms with van der Waals surface area (Å²) in [6, 6.07) is 5.46. The highest BCUT2D eigenvalue weighted by Gasteiger charge is 2.19. The fourth-order valence-electron chi connectivity index (χ4n) is 2.39. The zero-order chi connectivity index (χ0) is 13.9. The third-order valence-electron chi connectivity index (χ3n) is 3.45. The number of nitrogen functional groups attached to an aromatic ring is 1. The highest BCUT2D eigenvalue weighted by atomic mass is 35.5. The molecule has 1 unspecified atom stereocenters. The van der Waals surface area contributed by atoms with Gasteiger partial charge < -0.3 is 10.5 Å². The second-order valence-electron chi connectivity index (χ2n) is 4.88. The van der Waals surface area contributed by atoms with Gasteiger partial charge in [0.25, 0.3) is 0 Å². The molecule has 1 aromatic heterocycles. The Labute approximate surface area is 121 Å². The van der Waals surface area contributed by atoms with Crippen molar-refractivity contribution in [2.45, 2.75) is 31.9 Å². The van der Waals surface area contributed by atoms with Gasteiger partial charge in [0, 0.05) is 12.2 Å². The normalized spacial score (nSPS) is 19.1. The Morgan fingerprint density at radius 1 is 1.40 bits per heavy atom. The molecule has 2 aromatic rings. The molecule has 6 nitrogen and oxygen atoms in total. The van der Waals surface area contributed by atoms with Crippen LogP contribution in [-0.2, 0) is 11.3 Å². The van der Waals surface area contributed by atoms with E-state index in [4.69, 9.17) is 22.1 Å². The predicted molar refractivity (Wildman–Crippen MR) is 76.3 cm³/mol. The van der Waals surface area contributed by atoms with Crippen LogP contribution in [0, 0.1) is 0 Å². The summed E-state index contributed by atoms with van der Waals surface area (Å²) in [5, 5.41) is 12.3. The average molecular weight is 294 g/mol. The Balaban J connectivity index is 1.87. The molecular formula is C13H16ClN5O. The maximum atomic E-state index is 6.23. The number of hydrogen-bond acceptors (Lipinski definition) is 5. The molecule has 106 valence electrons. The van der Waals surface area contributed by atoms with Crippen LogP contribution in [0.2, 0.25) is 5.02 Å². The van der Waals surface area contributed by atoms with Gasteiger partial charge in [-0.25, -0.2) is 4.68 Å². The molecular weight excluding hydrogens is 278 g/mol. The van der Waals surface area contributed by atoms with Crippen LogP contribution in [0.25, 0.3) is 11.4 Å². The van der Waals surface area contributed by atoms with E-state index in [0.717, 1.165) is 25.0 Å². The lowest BCUT2D eigenvalue weighted by atomic mass is 10.1. The van der Waals surface area contributed by atoms with Gasteiger partial charge >= 0.3 is 0 Å². The smallest absolute Gasteiger partial charge is 0.183 e. The van der Waals surface area contributed by atoms with Crippen molar-refractivity contribution in [3.8, 4) is 11.4 Å². The molecule has 2 heterocycles. The molecule has 1 aromatic carbocycles. The highest BCUT2D eigenvalue weighted by Crippen LogP contribution is 2.30. The van der Waals surface area contributed by atoms with Gasteiger partial charge in [-0.15, -0.1) is 5.10 Å². The molecule has 7 heteroatoms. The number of aromatic nitrogens is 4. The zero-order valence-corrected chi connectivity index (χ0v) is 11.8. The number of ether oxygens (including phenoxy) is 1. The third-order valence-corrected chi connectivity index (χ3v) is 3.87. The largest absolute Gasteiger partial charge is 0.398 e. The first kappa shape index (κ1) is 13.3. The summed E-state index contributed by atoms with van der Waals surface area (Å²) in [7, 11) is 0. The molecule has 0 bridgehead atoms. The molecule has 0 radical (unpaired) electrons. The number of anilines is 1. The Hall–Kier alpha value is -1.66. The Bertz CT molecular complexity index is 594. The van der Waals surface area contributed by atoms with E-state index in [0.29, 0.717) is 23.1 Å². The molecule has 0 spiro atoms. The third kappa shape index (κ3) is 2.62. The average Bonchev–Trinajstić information content (AvgIpc) is 2.91. The molecule has 0 aliphatic carbocycles. The molecule has 0 saturated carbocycles. The lowest BCUT2D eigenvalue weighted by molar-refractivity contribution is 0.00397. The lowest BCUT2D eigenvalue weighted by Crippen LogP contribution is -2.25. The minimum absolute atomic E-state index is 0.158. The van der Waals surface area contributed by atoms with Crippen molar-refractivity contribution >= 4 is 17.3 Å². The van der Waals surface area contributed by atoms with Gasteiger partial charge in [0.1, 0.15) is 0 Å². The second kappa shape index (κ2) is 5.76. The van der Waals surface area contributed by atoms with E-state index in [1.165, 1.54) is 6.42 Å². The van der Waals surface area contributed by atoms with Crippen molar-refractivity contribution < 1.29 is 4.74 Å². The molecule has 1 fully saturated rings. The van der Waals surface area contributed by atoms with E-state index >= 15 is 0 Å². The summed E-state index contributed by atoms with van der Waals surface area (Å²) in [6.45, 7) is 1.44. The van der Waals surface area contributed by atoms with Gasteiger partial charge in [0.05, 0.1) is 23.4 Å². The van der Waals surface area contributed by atoms with E-state index in [-0.39, 0.29) is 6.10 Å². The fraction of sp³-hybridized carbons (Fsp3) is 0.462. The minimum atomic E-state index is 0.158. The molecule has 1 saturated heterocycles. The monoisotopic (exact) mass is 293 g/mol.